The quantitative estimate of drug-likeness (QED) is 0.273. The largest absolute Gasteiger partial charge is 0.497 e. The van der Waals surface area contributed by atoms with E-state index in [1.165, 1.54) is 11.8 Å². The van der Waals surface area contributed by atoms with Crippen LogP contribution < -0.4 is 14.8 Å². The van der Waals surface area contributed by atoms with Gasteiger partial charge in [0.25, 0.3) is 11.8 Å². The van der Waals surface area contributed by atoms with Crippen LogP contribution in [0, 0.1) is 6.92 Å². The number of rotatable bonds is 10. The predicted octanol–water partition coefficient (Wildman–Crippen LogP) is 4.54. The summed E-state index contributed by atoms with van der Waals surface area (Å²) in [4.78, 5) is 26.1. The highest BCUT2D eigenvalue weighted by Crippen LogP contribution is 2.34. The minimum atomic E-state index is -0.230. The molecule has 216 valence electrons. The predicted molar refractivity (Wildman–Crippen MR) is 161 cm³/mol. The molecule has 0 fully saturated rings. The first kappa shape index (κ1) is 28.9. The maximum atomic E-state index is 13.5. The Hall–Kier alpha value is -4.64. The van der Waals surface area contributed by atoms with E-state index in [0.717, 1.165) is 28.2 Å². The van der Waals surface area contributed by atoms with E-state index in [0.29, 0.717) is 28.7 Å². The van der Waals surface area contributed by atoms with Gasteiger partial charge in [0, 0.05) is 19.0 Å². The maximum absolute atomic E-state index is 13.5. The van der Waals surface area contributed by atoms with Crippen LogP contribution in [0.4, 0.5) is 0 Å². The highest BCUT2D eigenvalue weighted by molar-refractivity contribution is 7.99. The van der Waals surface area contributed by atoms with Crippen molar-refractivity contribution < 1.29 is 19.1 Å². The molecule has 0 bridgehead atoms. The molecule has 2 heterocycles. The van der Waals surface area contributed by atoms with Crippen molar-refractivity contribution in [3.8, 4) is 11.5 Å². The molecule has 0 radical (unpaired) electrons. The number of nitrogens with zero attached hydrogens (tertiary/aromatic N) is 5. The molecule has 1 aromatic heterocycles. The van der Waals surface area contributed by atoms with Gasteiger partial charge in [0.2, 0.25) is 0 Å². The van der Waals surface area contributed by atoms with Gasteiger partial charge in [-0.2, -0.15) is 5.10 Å². The number of benzene rings is 3. The SMILES string of the molecule is COc1ccc(C(=O)NCc2nnc(SCC(=O)N3N=C(c4ccc(OC)cc4)CC3c3ccc(C)cc3)n2C)cc1. The Balaban J connectivity index is 1.25. The number of hydrogen-bond acceptors (Lipinski definition) is 8. The first-order valence-corrected chi connectivity index (χ1v) is 14.4. The molecule has 0 saturated carbocycles. The summed E-state index contributed by atoms with van der Waals surface area (Å²) in [5, 5.41) is 18.2. The summed E-state index contributed by atoms with van der Waals surface area (Å²) in [5.74, 6) is 1.79. The molecular formula is C31H32N6O4S. The third-order valence-corrected chi connectivity index (χ3v) is 8.07. The second-order valence-corrected chi connectivity index (χ2v) is 10.7. The normalized spacial score (nSPS) is 14.4. The number of methoxy groups -OCH3 is 2. The minimum absolute atomic E-state index is 0.131. The van der Waals surface area contributed by atoms with Crippen LogP contribution in [0.5, 0.6) is 11.5 Å². The summed E-state index contributed by atoms with van der Waals surface area (Å²) in [6, 6.07) is 22.6. The van der Waals surface area contributed by atoms with Crippen molar-refractivity contribution in [2.45, 2.75) is 31.1 Å². The first-order chi connectivity index (χ1) is 20.4. The van der Waals surface area contributed by atoms with E-state index in [1.54, 1.807) is 48.1 Å². The first-order valence-electron chi connectivity index (χ1n) is 13.4. The van der Waals surface area contributed by atoms with Crippen LogP contribution in [0.1, 0.15) is 45.3 Å². The third kappa shape index (κ3) is 6.46. The monoisotopic (exact) mass is 584 g/mol. The van der Waals surface area contributed by atoms with E-state index in [9.17, 15) is 9.59 Å². The molecule has 1 N–H and O–H groups in total. The van der Waals surface area contributed by atoms with Gasteiger partial charge in [0.05, 0.1) is 38.3 Å². The molecule has 0 spiro atoms. The van der Waals surface area contributed by atoms with Crippen molar-refractivity contribution >= 4 is 29.3 Å². The Morgan fingerprint density at radius 1 is 0.929 bits per heavy atom. The van der Waals surface area contributed by atoms with Crippen molar-refractivity contribution in [2.24, 2.45) is 12.1 Å². The highest BCUT2D eigenvalue weighted by atomic mass is 32.2. The topological polar surface area (TPSA) is 111 Å². The zero-order valence-electron chi connectivity index (χ0n) is 23.9. The van der Waals surface area contributed by atoms with E-state index in [-0.39, 0.29) is 30.2 Å². The van der Waals surface area contributed by atoms with Gasteiger partial charge in [-0.1, -0.05) is 41.6 Å². The van der Waals surface area contributed by atoms with Crippen LogP contribution in [0.3, 0.4) is 0 Å². The van der Waals surface area contributed by atoms with E-state index >= 15 is 0 Å². The van der Waals surface area contributed by atoms with Gasteiger partial charge in [-0.25, -0.2) is 5.01 Å². The minimum Gasteiger partial charge on any atom is -0.497 e. The number of carbonyl (C=O) groups excluding carboxylic acids is 2. The number of carbonyl (C=O) groups is 2. The zero-order chi connectivity index (χ0) is 29.6. The second kappa shape index (κ2) is 12.9. The molecular weight excluding hydrogens is 552 g/mol. The molecule has 0 aliphatic carbocycles. The number of aryl methyl sites for hydroxylation is 1. The standard InChI is InChI=1S/C31H32N6O4S/c1-20-5-7-22(8-6-20)27-17-26(21-9-13-24(40-3)14-10-21)35-37(27)29(38)19-42-31-34-33-28(36(31)2)18-32-30(39)23-11-15-25(41-4)16-12-23/h5-16,27H,17-19H2,1-4H3,(H,32,39). The van der Waals surface area contributed by atoms with Gasteiger partial charge in [-0.3, -0.25) is 9.59 Å². The Labute approximate surface area is 248 Å². The Kier molecular flexibility index (Phi) is 8.87. The lowest BCUT2D eigenvalue weighted by Crippen LogP contribution is -2.28. The number of ether oxygens (including phenoxy) is 2. The van der Waals surface area contributed by atoms with Gasteiger partial charge in [0.15, 0.2) is 11.0 Å². The molecule has 5 rings (SSSR count). The third-order valence-electron chi connectivity index (χ3n) is 7.06. The van der Waals surface area contributed by atoms with Gasteiger partial charge in [-0.05, 0) is 66.6 Å². The summed E-state index contributed by atoms with van der Waals surface area (Å²) < 4.78 is 12.2. The molecule has 4 aromatic rings. The Bertz CT molecular complexity index is 1580. The van der Waals surface area contributed by atoms with Crippen molar-refractivity contribution in [2.75, 3.05) is 20.0 Å². The molecule has 1 aliphatic rings. The molecule has 3 aromatic carbocycles. The maximum Gasteiger partial charge on any atom is 0.253 e. The van der Waals surface area contributed by atoms with Crippen LogP contribution in [0.2, 0.25) is 0 Å². The van der Waals surface area contributed by atoms with Gasteiger partial charge < -0.3 is 19.4 Å². The van der Waals surface area contributed by atoms with Crippen LogP contribution in [0.25, 0.3) is 0 Å². The lowest BCUT2D eigenvalue weighted by Gasteiger charge is -2.22. The Morgan fingerprint density at radius 3 is 2.21 bits per heavy atom. The van der Waals surface area contributed by atoms with E-state index in [1.807, 2.05) is 50.4 Å². The van der Waals surface area contributed by atoms with Gasteiger partial charge >= 0.3 is 0 Å². The summed E-state index contributed by atoms with van der Waals surface area (Å²) >= 11 is 1.28. The van der Waals surface area contributed by atoms with Crippen LogP contribution in [0.15, 0.2) is 83.1 Å². The van der Waals surface area contributed by atoms with Crippen molar-refractivity contribution in [3.05, 3.63) is 101 Å². The fourth-order valence-electron chi connectivity index (χ4n) is 4.57. The van der Waals surface area contributed by atoms with Gasteiger partial charge in [-0.15, -0.1) is 10.2 Å². The second-order valence-electron chi connectivity index (χ2n) is 9.80. The molecule has 2 amide bonds. The average Bonchev–Trinajstić information content (AvgIpc) is 3.63. The van der Waals surface area contributed by atoms with E-state index < -0.39 is 0 Å². The molecule has 10 nitrogen and oxygen atoms in total. The van der Waals surface area contributed by atoms with Crippen LogP contribution >= 0.6 is 11.8 Å². The number of nitrogens with one attached hydrogen (secondary N) is 1. The fraction of sp³-hybridized carbons (Fsp3) is 0.258. The lowest BCUT2D eigenvalue weighted by atomic mass is 9.97. The molecule has 0 saturated heterocycles. The number of hydrazone groups is 1. The van der Waals surface area contributed by atoms with E-state index in [4.69, 9.17) is 14.6 Å². The number of aromatic nitrogens is 3. The van der Waals surface area contributed by atoms with Crippen molar-refractivity contribution in [1.29, 1.82) is 0 Å². The van der Waals surface area contributed by atoms with Gasteiger partial charge in [0.1, 0.15) is 11.5 Å². The number of hydrogen-bond donors (Lipinski definition) is 1. The van der Waals surface area contributed by atoms with Crippen molar-refractivity contribution in [3.63, 3.8) is 0 Å². The molecule has 1 unspecified atom stereocenters. The summed E-state index contributed by atoms with van der Waals surface area (Å²) in [7, 11) is 5.02. The number of amides is 2. The zero-order valence-corrected chi connectivity index (χ0v) is 24.7. The van der Waals surface area contributed by atoms with Crippen LogP contribution in [-0.2, 0) is 18.4 Å². The molecule has 1 atom stereocenters. The molecule has 11 heteroatoms. The summed E-state index contributed by atoms with van der Waals surface area (Å²) in [6.07, 6.45) is 0.605. The summed E-state index contributed by atoms with van der Waals surface area (Å²) in [6.45, 7) is 2.23. The molecule has 1 aliphatic heterocycles. The lowest BCUT2D eigenvalue weighted by molar-refractivity contribution is -0.130. The van der Waals surface area contributed by atoms with Crippen molar-refractivity contribution in [1.82, 2.24) is 25.1 Å². The van der Waals surface area contributed by atoms with Crippen LogP contribution in [-0.4, -0.2) is 57.3 Å². The average molecular weight is 585 g/mol. The molecule has 42 heavy (non-hydrogen) atoms. The number of thioether (sulfide) groups is 1. The Morgan fingerprint density at radius 2 is 1.57 bits per heavy atom. The summed E-state index contributed by atoms with van der Waals surface area (Å²) in [5.41, 5.74) is 4.49. The smallest absolute Gasteiger partial charge is 0.253 e. The highest BCUT2D eigenvalue weighted by Gasteiger charge is 2.33. The van der Waals surface area contributed by atoms with E-state index in [2.05, 4.69) is 27.6 Å². The fourth-order valence-corrected chi connectivity index (χ4v) is 5.35.